The van der Waals surface area contributed by atoms with E-state index in [0.717, 1.165) is 24.3 Å². The van der Waals surface area contributed by atoms with Gasteiger partial charge in [-0.3, -0.25) is 0 Å². The smallest absolute Gasteiger partial charge is 0.371 e. The van der Waals surface area contributed by atoms with Crippen LogP contribution in [0, 0.1) is 17.7 Å². The molecule has 5 nitrogen and oxygen atoms in total. The Bertz CT molecular complexity index is 1160. The van der Waals surface area contributed by atoms with Crippen LogP contribution < -0.4 is 4.90 Å². The molecule has 0 unspecified atom stereocenters. The normalized spacial score (nSPS) is 28.8. The van der Waals surface area contributed by atoms with Gasteiger partial charge in [0, 0.05) is 54.0 Å². The average Bonchev–Trinajstić information content (AvgIpc) is 3.22. The molecule has 0 N–H and O–H groups in total. The number of halogens is 4. The minimum Gasteiger partial charge on any atom is -0.371 e. The van der Waals surface area contributed by atoms with Gasteiger partial charge in [0.05, 0.1) is 0 Å². The maximum absolute atomic E-state index is 15.1. The zero-order valence-electron chi connectivity index (χ0n) is 18.9. The van der Waals surface area contributed by atoms with Crippen LogP contribution in [0.25, 0.3) is 0 Å². The van der Waals surface area contributed by atoms with E-state index in [-0.39, 0.29) is 23.8 Å². The molecule has 0 amide bonds. The van der Waals surface area contributed by atoms with Crippen molar-refractivity contribution in [3.05, 3.63) is 78.1 Å². The van der Waals surface area contributed by atoms with Crippen molar-refractivity contribution in [2.24, 2.45) is 11.8 Å². The molecule has 35 heavy (non-hydrogen) atoms. The third kappa shape index (κ3) is 4.42. The zero-order valence-corrected chi connectivity index (χ0v) is 19.7. The van der Waals surface area contributed by atoms with Crippen LogP contribution >= 0.6 is 11.9 Å². The van der Waals surface area contributed by atoms with E-state index in [1.807, 2.05) is 41.0 Å². The molecule has 0 bridgehead atoms. The number of fused-ring (bicyclic) bond motifs is 1. The van der Waals surface area contributed by atoms with Gasteiger partial charge in [-0.05, 0) is 30.5 Å². The highest BCUT2D eigenvalue weighted by molar-refractivity contribution is 7.97. The third-order valence-corrected chi connectivity index (χ3v) is 8.94. The SMILES string of the molecule is Fc1cc(N2C[C@@H]3[C@H](C2)[C@@H]3n2cnnc2)ccc1CN1S[C@H](c2ccccc2)CC[C@@H]1C(F)(F)F. The summed E-state index contributed by atoms with van der Waals surface area (Å²) in [7, 11) is 0. The predicted molar refractivity (Wildman–Crippen MR) is 126 cm³/mol. The standard InChI is InChI=1S/C25H25F4N5S/c26-21-10-18(32-12-19-20(13-32)24(19)33-14-30-31-15-33)7-6-17(21)11-34-23(25(27,28)29)9-8-22(35-34)16-4-2-1-3-5-16/h1-7,10,14-15,19-20,22-24H,8-9,11-13H2/t19-,20+,22-,23+,24-/m0/s1. The van der Waals surface area contributed by atoms with Crippen LogP contribution in [0.2, 0.25) is 0 Å². The van der Waals surface area contributed by atoms with E-state index in [1.54, 1.807) is 18.7 Å². The minimum absolute atomic E-state index is 0.0000796. The van der Waals surface area contributed by atoms with E-state index in [9.17, 15) is 13.2 Å². The van der Waals surface area contributed by atoms with Crippen LogP contribution in [0.5, 0.6) is 0 Å². The summed E-state index contributed by atoms with van der Waals surface area (Å²) in [5.41, 5.74) is 2.06. The van der Waals surface area contributed by atoms with Gasteiger partial charge in [0.15, 0.2) is 0 Å². The Balaban J connectivity index is 1.15. The lowest BCUT2D eigenvalue weighted by Crippen LogP contribution is -2.44. The molecule has 5 atom stereocenters. The Morgan fingerprint density at radius 1 is 0.943 bits per heavy atom. The molecule has 6 rings (SSSR count). The van der Waals surface area contributed by atoms with Crippen molar-refractivity contribution in [3.8, 4) is 0 Å². The summed E-state index contributed by atoms with van der Waals surface area (Å²) >= 11 is 1.18. The number of alkyl halides is 3. The molecule has 0 radical (unpaired) electrons. The van der Waals surface area contributed by atoms with Crippen molar-refractivity contribution in [3.63, 3.8) is 0 Å². The zero-order chi connectivity index (χ0) is 24.2. The lowest BCUT2D eigenvalue weighted by atomic mass is 10.0. The highest BCUT2D eigenvalue weighted by Crippen LogP contribution is 2.55. The molecule has 1 aromatic heterocycles. The van der Waals surface area contributed by atoms with Gasteiger partial charge in [0.25, 0.3) is 0 Å². The first-order valence-corrected chi connectivity index (χ1v) is 12.6. The summed E-state index contributed by atoms with van der Waals surface area (Å²) in [6.07, 6.45) is -0.457. The lowest BCUT2D eigenvalue weighted by Gasteiger charge is -2.39. The molecule has 2 saturated heterocycles. The first kappa shape index (κ1) is 22.8. The van der Waals surface area contributed by atoms with E-state index in [1.165, 1.54) is 22.3 Å². The first-order valence-electron chi connectivity index (χ1n) is 11.8. The Kier molecular flexibility index (Phi) is 5.75. The topological polar surface area (TPSA) is 37.2 Å². The number of anilines is 1. The first-order chi connectivity index (χ1) is 16.9. The van der Waals surface area contributed by atoms with Crippen LogP contribution in [-0.4, -0.2) is 44.4 Å². The van der Waals surface area contributed by atoms with Crippen LogP contribution in [0.3, 0.4) is 0 Å². The maximum atomic E-state index is 15.1. The molecule has 1 aliphatic carbocycles. The summed E-state index contributed by atoms with van der Waals surface area (Å²) in [6.45, 7) is 1.55. The second kappa shape index (κ2) is 8.81. The summed E-state index contributed by atoms with van der Waals surface area (Å²) in [5.74, 6) is 0.517. The number of benzene rings is 2. The number of nitrogens with zero attached hydrogens (tertiary/aromatic N) is 5. The molecular formula is C25H25F4N5S. The van der Waals surface area contributed by atoms with Crippen LogP contribution in [-0.2, 0) is 6.54 Å². The number of rotatable bonds is 5. The number of hydrogen-bond donors (Lipinski definition) is 0. The largest absolute Gasteiger partial charge is 0.404 e. The van der Waals surface area contributed by atoms with Gasteiger partial charge in [-0.15, -0.1) is 10.2 Å². The number of aromatic nitrogens is 3. The van der Waals surface area contributed by atoms with E-state index >= 15 is 4.39 Å². The van der Waals surface area contributed by atoms with Gasteiger partial charge in [0.2, 0.25) is 0 Å². The highest BCUT2D eigenvalue weighted by atomic mass is 32.2. The van der Waals surface area contributed by atoms with Gasteiger partial charge in [-0.25, -0.2) is 8.70 Å². The Labute approximate surface area is 205 Å². The molecule has 3 fully saturated rings. The molecule has 2 aliphatic heterocycles. The Morgan fingerprint density at radius 3 is 2.31 bits per heavy atom. The lowest BCUT2D eigenvalue weighted by molar-refractivity contribution is -0.174. The Morgan fingerprint density at radius 2 is 1.66 bits per heavy atom. The minimum atomic E-state index is -4.36. The number of piperidine rings is 1. The second-order valence-electron chi connectivity index (χ2n) is 9.62. The van der Waals surface area contributed by atoms with Crippen molar-refractivity contribution < 1.29 is 17.6 Å². The Hall–Kier alpha value is -2.59. The van der Waals surface area contributed by atoms with Gasteiger partial charge < -0.3 is 9.47 Å². The van der Waals surface area contributed by atoms with Crippen molar-refractivity contribution >= 4 is 17.6 Å². The van der Waals surface area contributed by atoms with Crippen LogP contribution in [0.1, 0.15) is 35.3 Å². The molecule has 3 heterocycles. The van der Waals surface area contributed by atoms with E-state index < -0.39 is 18.0 Å². The summed E-state index contributed by atoms with van der Waals surface area (Å²) < 4.78 is 59.9. The van der Waals surface area contributed by atoms with Crippen LogP contribution in [0.15, 0.2) is 61.2 Å². The molecule has 1 saturated carbocycles. The fourth-order valence-electron chi connectivity index (χ4n) is 5.65. The molecular weight excluding hydrogens is 478 g/mol. The predicted octanol–water partition coefficient (Wildman–Crippen LogP) is 5.64. The van der Waals surface area contributed by atoms with Crippen molar-refractivity contribution in [2.45, 2.75) is 42.9 Å². The monoisotopic (exact) mass is 503 g/mol. The molecule has 0 spiro atoms. The van der Waals surface area contributed by atoms with Gasteiger partial charge in [0.1, 0.15) is 24.5 Å². The maximum Gasteiger partial charge on any atom is 0.404 e. The van der Waals surface area contributed by atoms with Crippen molar-refractivity contribution in [1.29, 1.82) is 0 Å². The quantitative estimate of drug-likeness (QED) is 0.333. The summed E-state index contributed by atoms with van der Waals surface area (Å²) in [4.78, 5) is 2.16. The fraction of sp³-hybridized carbons (Fsp3) is 0.440. The van der Waals surface area contributed by atoms with E-state index in [2.05, 4.69) is 15.1 Å². The van der Waals surface area contributed by atoms with Crippen molar-refractivity contribution in [2.75, 3.05) is 18.0 Å². The van der Waals surface area contributed by atoms with E-state index in [4.69, 9.17) is 0 Å². The van der Waals surface area contributed by atoms with Gasteiger partial charge in [-0.2, -0.15) is 13.2 Å². The second-order valence-corrected chi connectivity index (χ2v) is 10.9. The van der Waals surface area contributed by atoms with Crippen LogP contribution in [0.4, 0.5) is 23.2 Å². The van der Waals surface area contributed by atoms with Gasteiger partial charge >= 0.3 is 6.18 Å². The fourth-order valence-corrected chi connectivity index (χ4v) is 7.08. The molecule has 3 aromatic rings. The summed E-state index contributed by atoms with van der Waals surface area (Å²) in [6, 6.07) is 13.3. The van der Waals surface area contributed by atoms with Crippen molar-refractivity contribution in [1.82, 2.24) is 19.1 Å². The third-order valence-electron chi connectivity index (χ3n) is 7.52. The average molecular weight is 504 g/mol. The number of hydrogen-bond acceptors (Lipinski definition) is 5. The molecule has 2 aromatic carbocycles. The van der Waals surface area contributed by atoms with E-state index in [0.29, 0.717) is 24.3 Å². The highest BCUT2D eigenvalue weighted by Gasteiger charge is 2.57. The molecule has 3 aliphatic rings. The molecule has 10 heteroatoms. The summed E-state index contributed by atoms with van der Waals surface area (Å²) in [5, 5.41) is 7.67. The van der Waals surface area contributed by atoms with Gasteiger partial charge in [-0.1, -0.05) is 48.3 Å². The molecule has 184 valence electrons.